The van der Waals surface area contributed by atoms with Gasteiger partial charge in [0.05, 0.1) is 25.4 Å². The minimum Gasteiger partial charge on any atom is -0.394 e. The summed E-state index contributed by atoms with van der Waals surface area (Å²) in [5, 5.41) is 45.3. The van der Waals surface area contributed by atoms with Crippen LogP contribution in [-0.4, -0.2) is 95.4 Å². The van der Waals surface area contributed by atoms with Gasteiger partial charge < -0.3 is 35.2 Å². The molecule has 0 aromatic carbocycles. The summed E-state index contributed by atoms with van der Waals surface area (Å²) in [5.74, 6) is -0.223. The minimum absolute atomic E-state index is 0.223. The molecule has 7 unspecified atom stereocenters. The van der Waals surface area contributed by atoms with Crippen LogP contribution in [-0.2, 0) is 28.9 Å². The maximum absolute atomic E-state index is 13.2. The fourth-order valence-electron chi connectivity index (χ4n) is 11.1. The topological polar surface area (TPSA) is 192 Å². The van der Waals surface area contributed by atoms with Crippen molar-refractivity contribution in [2.75, 3.05) is 13.2 Å². The van der Waals surface area contributed by atoms with Gasteiger partial charge in [0.2, 0.25) is 5.91 Å². The smallest absolute Gasteiger partial charge is 0.394 e. The van der Waals surface area contributed by atoms with E-state index >= 15 is 0 Å². The van der Waals surface area contributed by atoms with Crippen LogP contribution in [0, 0.1) is 0 Å². The van der Waals surface area contributed by atoms with Gasteiger partial charge in [-0.25, -0.2) is 4.18 Å². The first kappa shape index (κ1) is 75.6. The maximum atomic E-state index is 13.2. The monoisotopic (exact) mass is 1140 g/mol. The van der Waals surface area contributed by atoms with Gasteiger partial charge in [-0.2, -0.15) is 8.42 Å². The lowest BCUT2D eigenvalue weighted by Crippen LogP contribution is -2.61. The average molecular weight is 1140 g/mol. The van der Waals surface area contributed by atoms with Gasteiger partial charge in [0.1, 0.15) is 24.4 Å². The van der Waals surface area contributed by atoms with Crippen LogP contribution in [0.5, 0.6) is 0 Å². The molecule has 0 radical (unpaired) electrons. The van der Waals surface area contributed by atoms with Crippen molar-refractivity contribution in [2.45, 2.75) is 378 Å². The molecule has 1 aliphatic heterocycles. The van der Waals surface area contributed by atoms with E-state index in [-0.39, 0.29) is 12.5 Å². The first-order valence-electron chi connectivity index (χ1n) is 33.7. The number of aliphatic hydroxyl groups is 4. The summed E-state index contributed by atoms with van der Waals surface area (Å²) in [4.78, 5) is 13.2. The van der Waals surface area contributed by atoms with E-state index in [2.05, 4.69) is 47.7 Å². The van der Waals surface area contributed by atoms with Crippen LogP contribution >= 0.6 is 0 Å². The summed E-state index contributed by atoms with van der Waals surface area (Å²) in [6, 6.07) is -0.857. The molecule has 13 heteroatoms. The predicted molar refractivity (Wildman–Crippen MR) is 329 cm³/mol. The number of carbonyl (C=O) groups is 1. The Hall–Kier alpha value is -1.42. The van der Waals surface area contributed by atoms with E-state index in [9.17, 15) is 38.2 Å². The predicted octanol–water partition coefficient (Wildman–Crippen LogP) is 17.1. The van der Waals surface area contributed by atoms with Crippen molar-refractivity contribution in [1.29, 1.82) is 0 Å². The second kappa shape index (κ2) is 55.8. The largest absolute Gasteiger partial charge is 0.397 e. The van der Waals surface area contributed by atoms with Crippen LogP contribution in [0.1, 0.15) is 335 Å². The van der Waals surface area contributed by atoms with Crippen molar-refractivity contribution in [3.63, 3.8) is 0 Å². The van der Waals surface area contributed by atoms with Crippen LogP contribution in [0.25, 0.3) is 0 Å². The molecular formula is C66H127NO11S. The Morgan fingerprint density at radius 3 is 1.20 bits per heavy atom. The van der Waals surface area contributed by atoms with Gasteiger partial charge in [-0.15, -0.1) is 0 Å². The van der Waals surface area contributed by atoms with E-state index in [0.717, 1.165) is 57.8 Å². The Labute approximate surface area is 486 Å². The quantitative estimate of drug-likeness (QED) is 0.0193. The van der Waals surface area contributed by atoms with E-state index in [0.29, 0.717) is 12.8 Å². The molecule has 6 N–H and O–H groups in total. The molecule has 0 saturated carbocycles. The molecule has 1 amide bonds. The minimum atomic E-state index is -5.08. The Balaban J connectivity index is 2.22. The average Bonchev–Trinajstić information content (AvgIpc) is 3.45. The van der Waals surface area contributed by atoms with Crippen molar-refractivity contribution in [3.05, 3.63) is 24.3 Å². The van der Waals surface area contributed by atoms with Crippen LogP contribution in [0.3, 0.4) is 0 Å². The third-order valence-corrected chi connectivity index (χ3v) is 16.7. The van der Waals surface area contributed by atoms with E-state index < -0.39 is 59.9 Å². The maximum Gasteiger partial charge on any atom is 0.397 e. The van der Waals surface area contributed by atoms with E-state index in [1.807, 2.05) is 0 Å². The van der Waals surface area contributed by atoms with Crippen LogP contribution in [0.4, 0.5) is 0 Å². The highest BCUT2D eigenvalue weighted by Crippen LogP contribution is 2.26. The first-order valence-corrected chi connectivity index (χ1v) is 35.1. The molecule has 0 bridgehead atoms. The standard InChI is InChI=1S/C66H127NO11S/c1-3-5-7-9-11-13-15-17-19-21-23-24-25-26-27-28-29-30-31-32-33-34-35-36-38-40-42-44-46-48-50-52-54-56-62(70)67-59(58-76-66-64(72)65(78-79(73,74)75)63(71)61(57-68)77-66)60(69)55-53-51-49-47-45-43-41-39-37-22-20-18-16-14-12-10-8-6-4-2/h23-24,26-27,59-61,63-66,68-69,71-72H,3-22,25,28-58H2,1-2H3,(H,67,70)(H,73,74,75)/b24-23-,27-26-. The normalized spacial score (nSPS) is 18.8. The number of unbranched alkanes of at least 4 members (excludes halogenated alkanes) is 44. The molecule has 1 saturated heterocycles. The van der Waals surface area contributed by atoms with E-state index in [1.165, 1.54) is 250 Å². The summed E-state index contributed by atoms with van der Waals surface area (Å²) in [5.41, 5.74) is 0. The van der Waals surface area contributed by atoms with Crippen molar-refractivity contribution < 1.29 is 51.8 Å². The number of aliphatic hydroxyl groups excluding tert-OH is 4. The second-order valence-corrected chi connectivity index (χ2v) is 24.8. The zero-order valence-corrected chi connectivity index (χ0v) is 52.0. The van der Waals surface area contributed by atoms with Gasteiger partial charge in [0, 0.05) is 6.42 Å². The summed E-state index contributed by atoms with van der Waals surface area (Å²) < 4.78 is 48.1. The third-order valence-electron chi connectivity index (χ3n) is 16.3. The number of nitrogens with one attached hydrogen (secondary N) is 1. The molecule has 7 atom stereocenters. The SMILES string of the molecule is CCCCCCCCCCC/C=C\C/C=C\CCCCCCCCCCCCCCCCCCCC(=O)NC(COC1OC(CO)C(O)C(OS(=O)(=O)O)C1O)C(O)CCCCCCCCCCCCCCCCCCCCC. The molecule has 0 spiro atoms. The molecule has 1 aliphatic rings. The molecule has 1 heterocycles. The second-order valence-electron chi connectivity index (χ2n) is 23.8. The number of allylic oxidation sites excluding steroid dienone is 4. The molecule has 0 aliphatic carbocycles. The third kappa shape index (κ3) is 47.6. The van der Waals surface area contributed by atoms with Crippen molar-refractivity contribution in [1.82, 2.24) is 5.32 Å². The van der Waals surface area contributed by atoms with Crippen molar-refractivity contribution >= 4 is 16.3 Å². The fourth-order valence-corrected chi connectivity index (χ4v) is 11.6. The number of hydrogen-bond donors (Lipinski definition) is 6. The van der Waals surface area contributed by atoms with Crippen LogP contribution in [0.15, 0.2) is 24.3 Å². The molecule has 0 aromatic rings. The first-order chi connectivity index (χ1) is 38.5. The Kier molecular flexibility index (Phi) is 53.3. The zero-order valence-electron chi connectivity index (χ0n) is 51.2. The number of rotatable bonds is 60. The molecule has 1 rings (SSSR count). The molecule has 12 nitrogen and oxygen atoms in total. The molecular weight excluding hydrogens is 1010 g/mol. The number of hydrogen-bond acceptors (Lipinski definition) is 10. The molecule has 79 heavy (non-hydrogen) atoms. The van der Waals surface area contributed by atoms with Gasteiger partial charge in [-0.1, -0.05) is 308 Å². The number of amides is 1. The summed E-state index contributed by atoms with van der Waals surface area (Å²) in [6.07, 6.45) is 62.1. The molecule has 468 valence electrons. The Morgan fingerprint density at radius 1 is 0.506 bits per heavy atom. The van der Waals surface area contributed by atoms with Gasteiger partial charge in [0.15, 0.2) is 6.29 Å². The van der Waals surface area contributed by atoms with Gasteiger partial charge in [-0.3, -0.25) is 9.35 Å². The van der Waals surface area contributed by atoms with Crippen molar-refractivity contribution in [3.8, 4) is 0 Å². The van der Waals surface area contributed by atoms with Crippen LogP contribution < -0.4 is 5.32 Å². The summed E-state index contributed by atoms with van der Waals surface area (Å²) >= 11 is 0. The lowest BCUT2D eigenvalue weighted by atomic mass is 9.99. The lowest BCUT2D eigenvalue weighted by molar-refractivity contribution is -0.298. The lowest BCUT2D eigenvalue weighted by Gasteiger charge is -2.41. The highest BCUT2D eigenvalue weighted by molar-refractivity contribution is 7.80. The van der Waals surface area contributed by atoms with Crippen LogP contribution in [0.2, 0.25) is 0 Å². The fraction of sp³-hybridized carbons (Fsp3) is 0.924. The Bertz CT molecular complexity index is 1480. The Morgan fingerprint density at radius 2 is 0.848 bits per heavy atom. The summed E-state index contributed by atoms with van der Waals surface area (Å²) in [6.45, 7) is 3.51. The number of carbonyl (C=O) groups excluding carboxylic acids is 1. The van der Waals surface area contributed by atoms with Gasteiger partial charge in [-0.05, 0) is 44.9 Å². The molecule has 1 fully saturated rings. The zero-order chi connectivity index (χ0) is 57.5. The van der Waals surface area contributed by atoms with Gasteiger partial charge >= 0.3 is 10.4 Å². The van der Waals surface area contributed by atoms with E-state index in [4.69, 9.17) is 9.47 Å². The number of ether oxygens (including phenoxy) is 2. The van der Waals surface area contributed by atoms with Gasteiger partial charge in [0.25, 0.3) is 0 Å². The highest BCUT2D eigenvalue weighted by Gasteiger charge is 2.48. The van der Waals surface area contributed by atoms with Crippen molar-refractivity contribution in [2.24, 2.45) is 0 Å². The molecule has 0 aromatic heterocycles. The summed E-state index contributed by atoms with van der Waals surface area (Å²) in [7, 11) is -5.08. The highest BCUT2D eigenvalue weighted by atomic mass is 32.3. The van der Waals surface area contributed by atoms with E-state index in [1.54, 1.807) is 0 Å².